The van der Waals surface area contributed by atoms with Crippen molar-refractivity contribution in [3.63, 3.8) is 0 Å². The maximum Gasteiger partial charge on any atom is 0.197 e. The van der Waals surface area contributed by atoms with Gasteiger partial charge in [-0.3, -0.25) is 0 Å². The van der Waals surface area contributed by atoms with Crippen LogP contribution in [0, 0.1) is 0 Å². The lowest BCUT2D eigenvalue weighted by Gasteiger charge is -2.33. The summed E-state index contributed by atoms with van der Waals surface area (Å²) in [7, 11) is 2.25. The van der Waals surface area contributed by atoms with Gasteiger partial charge in [0.2, 0.25) is 0 Å². The first kappa shape index (κ1) is 14.0. The molecular formula is C18H15AlBN. The molecule has 0 N–H and O–H groups in total. The summed E-state index contributed by atoms with van der Waals surface area (Å²) in [5.41, 5.74) is 6.18. The number of nitrogens with zero attached hydrogens (tertiary/aromatic N) is 1. The molecule has 0 aliphatic carbocycles. The topological polar surface area (TPSA) is 3.24 Å². The van der Waals surface area contributed by atoms with Crippen LogP contribution >= 0.6 is 0 Å². The lowest BCUT2D eigenvalue weighted by molar-refractivity contribution is 1.30. The summed E-state index contributed by atoms with van der Waals surface area (Å²) >= 11 is 0. The van der Waals surface area contributed by atoms with Gasteiger partial charge in [-0.1, -0.05) is 65.5 Å². The monoisotopic (exact) mass is 283 g/mol. The Morgan fingerprint density at radius 2 is 1.05 bits per heavy atom. The van der Waals surface area contributed by atoms with Crippen molar-refractivity contribution in [2.75, 3.05) is 4.90 Å². The molecule has 0 amide bonds. The Balaban J connectivity index is 0.00000132. The summed E-state index contributed by atoms with van der Waals surface area (Å²) in [5.74, 6) is 0. The van der Waals surface area contributed by atoms with Gasteiger partial charge in [0.05, 0.1) is 0 Å². The molecule has 98 valence electrons. The summed E-state index contributed by atoms with van der Waals surface area (Å²) in [5, 5.41) is 0. The molecule has 3 heteroatoms. The van der Waals surface area contributed by atoms with Crippen molar-refractivity contribution in [1.29, 1.82) is 0 Å². The second-order valence-electron chi connectivity index (χ2n) is 4.93. The Kier molecular flexibility index (Phi) is 3.88. The Bertz CT molecular complexity index is 712. The predicted octanol–water partition coefficient (Wildman–Crippen LogP) is 2.21. The van der Waals surface area contributed by atoms with Crippen molar-refractivity contribution >= 4 is 52.6 Å². The van der Waals surface area contributed by atoms with E-state index in [0.29, 0.717) is 0 Å². The number of hydrogen-bond acceptors (Lipinski definition) is 1. The molecule has 0 saturated carbocycles. The molecule has 4 rings (SSSR count). The Hall–Kier alpha value is -1.94. The van der Waals surface area contributed by atoms with E-state index in [0.717, 1.165) is 0 Å². The summed E-state index contributed by atoms with van der Waals surface area (Å²) in [6.45, 7) is 0. The molecule has 0 spiro atoms. The van der Waals surface area contributed by atoms with Crippen LogP contribution in [0.25, 0.3) is 0 Å². The molecule has 1 heterocycles. The van der Waals surface area contributed by atoms with E-state index >= 15 is 0 Å². The third-order valence-electron chi connectivity index (χ3n) is 3.68. The van der Waals surface area contributed by atoms with E-state index in [2.05, 4.69) is 91.0 Å². The number of anilines is 3. The summed E-state index contributed by atoms with van der Waals surface area (Å²) in [6.07, 6.45) is 0. The molecule has 3 aromatic rings. The van der Waals surface area contributed by atoms with Gasteiger partial charge in [-0.25, -0.2) is 0 Å². The Labute approximate surface area is 136 Å². The summed E-state index contributed by atoms with van der Waals surface area (Å²) < 4.78 is 0. The fourth-order valence-corrected chi connectivity index (χ4v) is 2.78. The lowest BCUT2D eigenvalue weighted by Crippen LogP contribution is -2.39. The highest BCUT2D eigenvalue weighted by atomic mass is 27.0. The molecular weight excluding hydrogens is 268 g/mol. The first-order chi connectivity index (χ1) is 9.93. The fraction of sp³-hybridized carbons (Fsp3) is 0. The number of benzene rings is 3. The highest BCUT2D eigenvalue weighted by molar-refractivity contribution is 6.71. The second kappa shape index (κ2) is 5.82. The zero-order valence-corrected chi connectivity index (χ0v) is 14.0. The molecule has 0 unspecified atom stereocenters. The van der Waals surface area contributed by atoms with Crippen LogP contribution in [0.1, 0.15) is 0 Å². The van der Waals surface area contributed by atoms with Gasteiger partial charge in [0, 0.05) is 17.1 Å². The quantitative estimate of drug-likeness (QED) is 0.484. The molecule has 2 radical (unpaired) electrons. The lowest BCUT2D eigenvalue weighted by atomic mass is 9.60. The van der Waals surface area contributed by atoms with Crippen molar-refractivity contribution in [2.24, 2.45) is 0 Å². The normalized spacial score (nSPS) is 11.7. The highest BCUT2D eigenvalue weighted by Crippen LogP contribution is 2.33. The fourth-order valence-electron chi connectivity index (χ4n) is 2.78. The Morgan fingerprint density at radius 1 is 0.571 bits per heavy atom. The van der Waals surface area contributed by atoms with Crippen LogP contribution in [-0.4, -0.2) is 24.6 Å². The smallest absolute Gasteiger partial charge is 0.197 e. The summed E-state index contributed by atoms with van der Waals surface area (Å²) in [6, 6.07) is 27.6. The van der Waals surface area contributed by atoms with Crippen LogP contribution in [0.4, 0.5) is 17.1 Å². The zero-order chi connectivity index (χ0) is 13.4. The average molecular weight is 283 g/mol. The minimum absolute atomic E-state index is 0. The standard InChI is InChI=1S/C18H13BN.Al.2H/c1-2-8-14(9-3-1)20-17-12-6-4-10-15(17)19-16-11-5-7-13-18(16)20;;;/h1-13H;;;. The van der Waals surface area contributed by atoms with Crippen LogP contribution in [0.5, 0.6) is 0 Å². The van der Waals surface area contributed by atoms with Crippen LogP contribution in [0.15, 0.2) is 78.9 Å². The molecule has 1 aliphatic rings. The largest absolute Gasteiger partial charge is 0.312 e. The number of fused-ring (bicyclic) bond motifs is 2. The third kappa shape index (κ3) is 2.40. The molecule has 0 saturated heterocycles. The molecule has 1 nitrogen and oxygen atoms in total. The van der Waals surface area contributed by atoms with E-state index < -0.39 is 0 Å². The van der Waals surface area contributed by atoms with Crippen molar-refractivity contribution in [3.8, 4) is 0 Å². The maximum absolute atomic E-state index is 2.32. The minimum Gasteiger partial charge on any atom is -0.312 e. The zero-order valence-electron chi connectivity index (χ0n) is 12.0. The molecule has 21 heavy (non-hydrogen) atoms. The van der Waals surface area contributed by atoms with Crippen LogP contribution in [0.3, 0.4) is 0 Å². The van der Waals surface area contributed by atoms with E-state index in [9.17, 15) is 0 Å². The molecule has 0 bridgehead atoms. The van der Waals surface area contributed by atoms with Crippen LogP contribution in [-0.2, 0) is 0 Å². The third-order valence-corrected chi connectivity index (χ3v) is 3.68. The van der Waals surface area contributed by atoms with Crippen molar-refractivity contribution in [3.05, 3.63) is 78.9 Å². The first-order valence-corrected chi connectivity index (χ1v) is 6.81. The van der Waals surface area contributed by atoms with Crippen LogP contribution in [0.2, 0.25) is 0 Å². The molecule has 0 fully saturated rings. The molecule has 1 aliphatic heterocycles. The van der Waals surface area contributed by atoms with Gasteiger partial charge in [-0.15, -0.1) is 0 Å². The van der Waals surface area contributed by atoms with Gasteiger partial charge in [0.25, 0.3) is 0 Å². The summed E-state index contributed by atoms with van der Waals surface area (Å²) in [4.78, 5) is 2.32. The van der Waals surface area contributed by atoms with Gasteiger partial charge < -0.3 is 4.90 Å². The van der Waals surface area contributed by atoms with Gasteiger partial charge in [0.1, 0.15) is 17.4 Å². The Morgan fingerprint density at radius 3 is 1.62 bits per heavy atom. The predicted molar refractivity (Wildman–Crippen MR) is 94.7 cm³/mol. The van der Waals surface area contributed by atoms with Crippen molar-refractivity contribution in [1.82, 2.24) is 0 Å². The SMILES string of the molecule is [AlH2].[B]1c2ccccc2N(c2ccccc2)c2ccccc21. The first-order valence-electron chi connectivity index (χ1n) is 6.81. The number of para-hydroxylation sites is 3. The minimum atomic E-state index is 0. The molecule has 0 atom stereocenters. The van der Waals surface area contributed by atoms with Crippen LogP contribution < -0.4 is 15.8 Å². The van der Waals surface area contributed by atoms with Gasteiger partial charge in [-0.05, 0) is 24.3 Å². The number of hydrogen-bond donors (Lipinski definition) is 0. The van der Waals surface area contributed by atoms with E-state index in [4.69, 9.17) is 0 Å². The van der Waals surface area contributed by atoms with E-state index in [1.54, 1.807) is 0 Å². The average Bonchev–Trinajstić information content (AvgIpc) is 2.53. The maximum atomic E-state index is 2.32. The molecule has 3 aromatic carbocycles. The van der Waals surface area contributed by atoms with Crippen molar-refractivity contribution in [2.45, 2.75) is 0 Å². The second-order valence-corrected chi connectivity index (χ2v) is 4.93. The number of rotatable bonds is 1. The van der Waals surface area contributed by atoms with E-state index in [1.807, 2.05) is 0 Å². The van der Waals surface area contributed by atoms with E-state index in [1.165, 1.54) is 28.0 Å². The molecule has 0 aromatic heterocycles. The van der Waals surface area contributed by atoms with E-state index in [-0.39, 0.29) is 17.4 Å². The van der Waals surface area contributed by atoms with Gasteiger partial charge >= 0.3 is 0 Å². The van der Waals surface area contributed by atoms with Gasteiger partial charge in [-0.2, -0.15) is 0 Å². The van der Waals surface area contributed by atoms with Crippen molar-refractivity contribution < 1.29 is 0 Å². The van der Waals surface area contributed by atoms with Gasteiger partial charge in [0.15, 0.2) is 7.28 Å². The highest BCUT2D eigenvalue weighted by Gasteiger charge is 2.23.